The second kappa shape index (κ2) is 11.1. The second-order valence-electron chi connectivity index (χ2n) is 9.78. The zero-order valence-electron chi connectivity index (χ0n) is 22.1. The summed E-state index contributed by atoms with van der Waals surface area (Å²) in [6.45, 7) is 3.06. The number of hydrogen-bond donors (Lipinski definition) is 1. The molecule has 1 N–H and O–H groups in total. The maximum Gasteiger partial charge on any atom is 0.410 e. The van der Waals surface area contributed by atoms with Crippen molar-refractivity contribution in [2.45, 2.75) is 43.7 Å². The van der Waals surface area contributed by atoms with Crippen molar-refractivity contribution in [1.82, 2.24) is 14.2 Å². The van der Waals surface area contributed by atoms with Crippen LogP contribution in [0.5, 0.6) is 0 Å². The van der Waals surface area contributed by atoms with E-state index in [4.69, 9.17) is 9.72 Å². The van der Waals surface area contributed by atoms with Crippen LogP contribution in [0, 0.1) is 5.82 Å². The van der Waals surface area contributed by atoms with Crippen molar-refractivity contribution in [3.63, 3.8) is 0 Å². The first-order valence-corrected chi connectivity index (χ1v) is 16.3. The molecule has 2 amide bonds. The van der Waals surface area contributed by atoms with E-state index < -0.39 is 27.8 Å². The number of amides is 2. The maximum atomic E-state index is 13.7. The second-order valence-corrected chi connectivity index (χ2v) is 13.8. The summed E-state index contributed by atoms with van der Waals surface area (Å²) >= 11 is 2.90. The molecule has 4 heterocycles. The van der Waals surface area contributed by atoms with E-state index >= 15 is 0 Å². The number of benzene rings is 2. The lowest BCUT2D eigenvalue weighted by molar-refractivity contribution is -0.119. The predicted octanol–water partition coefficient (Wildman–Crippen LogP) is 5.47. The largest absolute Gasteiger partial charge is 0.450 e. The molecule has 1 saturated heterocycles. The topological polar surface area (TPSA) is 109 Å². The van der Waals surface area contributed by atoms with E-state index in [9.17, 15) is 22.4 Å². The lowest BCUT2D eigenvalue weighted by Crippen LogP contribution is -2.43. The number of carbonyl (C=O) groups is 2. The Hall–Kier alpha value is -3.39. The van der Waals surface area contributed by atoms with Crippen molar-refractivity contribution >= 4 is 59.9 Å². The summed E-state index contributed by atoms with van der Waals surface area (Å²) in [5, 5.41) is 4.36. The van der Waals surface area contributed by atoms with Gasteiger partial charge in [0.05, 0.1) is 28.3 Å². The molecule has 2 aromatic carbocycles. The van der Waals surface area contributed by atoms with Gasteiger partial charge in [0.25, 0.3) is 0 Å². The van der Waals surface area contributed by atoms with Gasteiger partial charge in [0.2, 0.25) is 15.9 Å². The summed E-state index contributed by atoms with van der Waals surface area (Å²) in [4.78, 5) is 33.5. The molecule has 0 aliphatic carbocycles. The highest BCUT2D eigenvalue weighted by atomic mass is 32.2. The fraction of sp³-hybridized carbons (Fsp3) is 0.321. The molecule has 0 saturated carbocycles. The van der Waals surface area contributed by atoms with E-state index in [1.807, 2.05) is 24.3 Å². The minimum atomic E-state index is -4.01. The van der Waals surface area contributed by atoms with Gasteiger partial charge < -0.3 is 15.0 Å². The van der Waals surface area contributed by atoms with Crippen molar-refractivity contribution in [3.05, 3.63) is 64.8 Å². The predicted molar refractivity (Wildman–Crippen MR) is 156 cm³/mol. The summed E-state index contributed by atoms with van der Waals surface area (Å²) in [6, 6.07) is 11.5. The summed E-state index contributed by atoms with van der Waals surface area (Å²) in [7, 11) is -4.01. The molecule has 2 aliphatic heterocycles. The summed E-state index contributed by atoms with van der Waals surface area (Å²) in [5.41, 5.74) is 2.68. The molecule has 4 aromatic rings. The Labute approximate surface area is 244 Å². The van der Waals surface area contributed by atoms with Crippen molar-refractivity contribution < 1.29 is 27.1 Å². The zero-order valence-corrected chi connectivity index (χ0v) is 24.6. The first kappa shape index (κ1) is 27.8. The summed E-state index contributed by atoms with van der Waals surface area (Å²) in [6.07, 6.45) is 1.08. The van der Waals surface area contributed by atoms with Gasteiger partial charge in [-0.2, -0.15) is 4.31 Å². The SMILES string of the molecule is CCOC(=O)N1CCc2c(sc(NC(=O)C3CCCN3S(=O)(=O)c3ccc(F)cc3)c2-c2nc3ccccc3s2)C1. The molecule has 41 heavy (non-hydrogen) atoms. The van der Waals surface area contributed by atoms with E-state index in [0.29, 0.717) is 37.4 Å². The van der Waals surface area contributed by atoms with Gasteiger partial charge in [-0.05, 0) is 68.1 Å². The number of fused-ring (bicyclic) bond motifs is 2. The molecular weight excluding hydrogens is 588 g/mol. The van der Waals surface area contributed by atoms with Crippen LogP contribution in [0.1, 0.15) is 30.2 Å². The zero-order chi connectivity index (χ0) is 28.7. The average molecular weight is 615 g/mol. The number of nitrogens with one attached hydrogen (secondary N) is 1. The molecule has 214 valence electrons. The van der Waals surface area contributed by atoms with Crippen LogP contribution in [-0.4, -0.2) is 60.3 Å². The van der Waals surface area contributed by atoms with Gasteiger partial charge >= 0.3 is 6.09 Å². The van der Waals surface area contributed by atoms with Crippen LogP contribution in [0.25, 0.3) is 20.8 Å². The quantitative estimate of drug-likeness (QED) is 0.309. The minimum Gasteiger partial charge on any atom is -0.450 e. The number of para-hydroxylation sites is 1. The Morgan fingerprint density at radius 1 is 1.12 bits per heavy atom. The Balaban J connectivity index is 1.34. The third-order valence-corrected chi connectivity index (χ3v) is 11.4. The number of anilines is 1. The highest BCUT2D eigenvalue weighted by molar-refractivity contribution is 7.89. The monoisotopic (exact) mass is 614 g/mol. The van der Waals surface area contributed by atoms with Crippen LogP contribution >= 0.6 is 22.7 Å². The van der Waals surface area contributed by atoms with Crippen LogP contribution in [-0.2, 0) is 32.5 Å². The number of hydrogen-bond acceptors (Lipinski definition) is 8. The number of ether oxygens (including phenoxy) is 1. The number of aromatic nitrogens is 1. The Kier molecular flexibility index (Phi) is 7.53. The molecule has 1 fully saturated rings. The van der Waals surface area contributed by atoms with Crippen LogP contribution in [0.3, 0.4) is 0 Å². The third-order valence-electron chi connectivity index (χ3n) is 7.25. The van der Waals surface area contributed by atoms with Crippen LogP contribution in [0.2, 0.25) is 0 Å². The number of nitrogens with zero attached hydrogens (tertiary/aromatic N) is 3. The number of halogens is 1. The Morgan fingerprint density at radius 2 is 1.90 bits per heavy atom. The molecule has 2 aromatic heterocycles. The van der Waals surface area contributed by atoms with Gasteiger partial charge in [-0.1, -0.05) is 12.1 Å². The minimum absolute atomic E-state index is 0.0561. The Morgan fingerprint density at radius 3 is 2.66 bits per heavy atom. The fourth-order valence-corrected chi connectivity index (χ4v) is 9.33. The number of sulfonamides is 1. The van der Waals surface area contributed by atoms with Crippen LogP contribution < -0.4 is 5.32 Å². The highest BCUT2D eigenvalue weighted by Gasteiger charge is 2.40. The van der Waals surface area contributed by atoms with Gasteiger partial charge in [0, 0.05) is 23.5 Å². The summed E-state index contributed by atoms with van der Waals surface area (Å²) < 4.78 is 47.6. The Bertz CT molecular complexity index is 1700. The van der Waals surface area contributed by atoms with E-state index in [1.165, 1.54) is 39.1 Å². The van der Waals surface area contributed by atoms with Gasteiger partial charge in [-0.3, -0.25) is 4.79 Å². The number of thiophene rings is 1. The molecule has 0 radical (unpaired) electrons. The van der Waals surface area contributed by atoms with Crippen molar-refractivity contribution in [2.75, 3.05) is 25.0 Å². The van der Waals surface area contributed by atoms with Gasteiger partial charge in [0.1, 0.15) is 21.9 Å². The maximum absolute atomic E-state index is 13.7. The summed E-state index contributed by atoms with van der Waals surface area (Å²) in [5.74, 6) is -0.971. The fourth-order valence-electron chi connectivity index (χ4n) is 5.29. The average Bonchev–Trinajstić information content (AvgIpc) is 3.69. The number of thiazole rings is 1. The molecule has 13 heteroatoms. The van der Waals surface area contributed by atoms with Crippen LogP contribution in [0.15, 0.2) is 53.4 Å². The lowest BCUT2D eigenvalue weighted by atomic mass is 10.0. The van der Waals surface area contributed by atoms with E-state index in [1.54, 1.807) is 11.8 Å². The van der Waals surface area contributed by atoms with E-state index in [0.717, 1.165) is 43.4 Å². The van der Waals surface area contributed by atoms with Crippen molar-refractivity contribution in [3.8, 4) is 10.6 Å². The van der Waals surface area contributed by atoms with Crippen LogP contribution in [0.4, 0.5) is 14.2 Å². The number of carbonyl (C=O) groups excluding carboxylic acids is 2. The molecule has 2 aliphatic rings. The highest BCUT2D eigenvalue weighted by Crippen LogP contribution is 2.46. The standard InChI is InChI=1S/C28H27FN4O5S3/c1-2-38-28(35)32-15-13-19-23(16-32)40-27(24(19)26-30-20-6-3-4-8-22(20)39-26)31-25(34)21-7-5-14-33(21)41(36,37)18-11-9-17(29)10-12-18/h3-4,6,8-12,21H,2,5,7,13-16H2,1H3,(H,31,34). The number of rotatable bonds is 6. The molecule has 9 nitrogen and oxygen atoms in total. The third kappa shape index (κ3) is 5.23. The van der Waals surface area contributed by atoms with Gasteiger partial charge in [-0.25, -0.2) is 22.6 Å². The smallest absolute Gasteiger partial charge is 0.410 e. The molecule has 6 rings (SSSR count). The first-order valence-electron chi connectivity index (χ1n) is 13.3. The van der Waals surface area contributed by atoms with Crippen molar-refractivity contribution in [1.29, 1.82) is 0 Å². The molecule has 1 atom stereocenters. The van der Waals surface area contributed by atoms with Crippen molar-refractivity contribution in [2.24, 2.45) is 0 Å². The van der Waals surface area contributed by atoms with Gasteiger partial charge in [0.15, 0.2) is 0 Å². The van der Waals surface area contributed by atoms with Gasteiger partial charge in [-0.15, -0.1) is 22.7 Å². The molecular formula is C28H27FN4O5S3. The molecule has 1 unspecified atom stereocenters. The van der Waals surface area contributed by atoms with E-state index in [2.05, 4.69) is 5.32 Å². The first-order chi connectivity index (χ1) is 19.8. The lowest BCUT2D eigenvalue weighted by Gasteiger charge is -2.26. The molecule has 0 bridgehead atoms. The molecule has 0 spiro atoms. The normalized spacial score (nSPS) is 17.5. The van der Waals surface area contributed by atoms with E-state index in [-0.39, 0.29) is 24.1 Å².